The van der Waals surface area contributed by atoms with Gasteiger partial charge in [-0.3, -0.25) is 9.59 Å². The van der Waals surface area contributed by atoms with Crippen LogP contribution in [0.2, 0.25) is 0 Å². The van der Waals surface area contributed by atoms with Crippen LogP contribution in [-0.4, -0.2) is 75.6 Å². The molecule has 2 aliphatic rings. The van der Waals surface area contributed by atoms with E-state index in [9.17, 15) is 22.8 Å². The summed E-state index contributed by atoms with van der Waals surface area (Å²) >= 11 is 0. The minimum Gasteiger partial charge on any atom is -0.378 e. The van der Waals surface area contributed by atoms with Crippen molar-refractivity contribution < 1.29 is 27.5 Å². The zero-order valence-corrected chi connectivity index (χ0v) is 15.2. The van der Waals surface area contributed by atoms with Gasteiger partial charge in [0.1, 0.15) is 5.69 Å². The van der Waals surface area contributed by atoms with Gasteiger partial charge in [-0.25, -0.2) is 9.50 Å². The van der Waals surface area contributed by atoms with E-state index in [4.69, 9.17) is 4.74 Å². The van der Waals surface area contributed by atoms with Gasteiger partial charge in [0.05, 0.1) is 25.2 Å². The van der Waals surface area contributed by atoms with Crippen LogP contribution in [0.3, 0.4) is 0 Å². The van der Waals surface area contributed by atoms with Crippen LogP contribution in [0, 0.1) is 12.8 Å². The van der Waals surface area contributed by atoms with E-state index >= 15 is 0 Å². The van der Waals surface area contributed by atoms with E-state index < -0.39 is 23.7 Å². The lowest BCUT2D eigenvalue weighted by Gasteiger charge is -2.28. The molecule has 0 saturated carbocycles. The molecule has 11 heteroatoms. The lowest BCUT2D eigenvalue weighted by molar-refractivity contribution is -0.142. The first-order valence-corrected chi connectivity index (χ1v) is 8.73. The second kappa shape index (κ2) is 6.43. The van der Waals surface area contributed by atoms with Crippen molar-refractivity contribution in [2.24, 2.45) is 5.92 Å². The average Bonchev–Trinajstić information content (AvgIpc) is 2.92. The zero-order valence-electron chi connectivity index (χ0n) is 15.2. The summed E-state index contributed by atoms with van der Waals surface area (Å²) in [6.07, 6.45) is -4.63. The van der Waals surface area contributed by atoms with Gasteiger partial charge < -0.3 is 14.5 Å². The van der Waals surface area contributed by atoms with Gasteiger partial charge in [-0.2, -0.15) is 18.3 Å². The number of carbonyl (C=O) groups excluding carboxylic acids is 2. The molecule has 2 aliphatic heterocycles. The van der Waals surface area contributed by atoms with Crippen LogP contribution in [0.4, 0.5) is 13.2 Å². The first kappa shape index (κ1) is 18.7. The molecule has 2 atom stereocenters. The van der Waals surface area contributed by atoms with Crippen molar-refractivity contribution >= 4 is 17.5 Å². The van der Waals surface area contributed by atoms with Crippen LogP contribution in [-0.2, 0) is 15.7 Å². The number of rotatable bonds is 1. The van der Waals surface area contributed by atoms with E-state index in [0.717, 1.165) is 6.07 Å². The Morgan fingerprint density at radius 2 is 2.00 bits per heavy atom. The number of halogens is 3. The largest absolute Gasteiger partial charge is 0.433 e. The fourth-order valence-electron chi connectivity index (χ4n) is 3.63. The van der Waals surface area contributed by atoms with E-state index in [1.807, 2.05) is 0 Å². The number of nitrogens with zero attached hydrogens (tertiary/aromatic N) is 5. The molecule has 4 heterocycles. The number of hydrogen-bond acceptors (Lipinski definition) is 5. The molecule has 0 spiro atoms. The maximum atomic E-state index is 13.3. The Labute approximate surface area is 157 Å². The van der Waals surface area contributed by atoms with Crippen molar-refractivity contribution in [3.8, 4) is 0 Å². The quantitative estimate of drug-likeness (QED) is 0.717. The predicted molar refractivity (Wildman–Crippen MR) is 89.5 cm³/mol. The lowest BCUT2D eigenvalue weighted by atomic mass is 10.1. The summed E-state index contributed by atoms with van der Waals surface area (Å²) in [5.41, 5.74) is -1.01. The molecule has 2 saturated heterocycles. The first-order chi connectivity index (χ1) is 13.1. The minimum absolute atomic E-state index is 0.0535. The van der Waals surface area contributed by atoms with Gasteiger partial charge in [0.25, 0.3) is 5.91 Å². The van der Waals surface area contributed by atoms with Gasteiger partial charge in [0.2, 0.25) is 5.91 Å². The Morgan fingerprint density at radius 1 is 1.25 bits per heavy atom. The van der Waals surface area contributed by atoms with E-state index in [1.54, 1.807) is 11.9 Å². The monoisotopic (exact) mass is 397 g/mol. The molecule has 0 N–H and O–H groups in total. The number of alkyl halides is 3. The molecule has 2 aromatic heterocycles. The van der Waals surface area contributed by atoms with E-state index in [2.05, 4.69) is 10.1 Å². The number of hydrogen-bond donors (Lipinski definition) is 0. The summed E-state index contributed by atoms with van der Waals surface area (Å²) in [5.74, 6) is -1.15. The first-order valence-electron chi connectivity index (χ1n) is 8.73. The Bertz CT molecular complexity index is 957. The van der Waals surface area contributed by atoms with Crippen LogP contribution in [0.15, 0.2) is 12.1 Å². The summed E-state index contributed by atoms with van der Waals surface area (Å²) in [6.45, 7) is 2.30. The van der Waals surface area contributed by atoms with Gasteiger partial charge in [-0.05, 0) is 13.0 Å². The Morgan fingerprint density at radius 3 is 2.71 bits per heavy atom. The molecule has 4 rings (SSSR count). The molecule has 0 aromatic carbocycles. The number of aromatic nitrogens is 3. The van der Waals surface area contributed by atoms with Crippen LogP contribution in [0.5, 0.6) is 0 Å². The molecule has 28 heavy (non-hydrogen) atoms. The van der Waals surface area contributed by atoms with E-state index in [0.29, 0.717) is 11.1 Å². The molecule has 150 valence electrons. The third-order valence-electron chi connectivity index (χ3n) is 5.10. The van der Waals surface area contributed by atoms with Crippen LogP contribution < -0.4 is 0 Å². The number of amides is 2. The fourth-order valence-corrected chi connectivity index (χ4v) is 3.63. The number of fused-ring (bicyclic) bond motifs is 4. The highest BCUT2D eigenvalue weighted by Crippen LogP contribution is 2.30. The van der Waals surface area contributed by atoms with Crippen molar-refractivity contribution in [1.29, 1.82) is 0 Å². The van der Waals surface area contributed by atoms with Crippen LogP contribution in [0.1, 0.15) is 21.9 Å². The second-order valence-corrected chi connectivity index (χ2v) is 7.13. The molecule has 2 fully saturated rings. The van der Waals surface area contributed by atoms with Crippen LogP contribution >= 0.6 is 0 Å². The molecule has 2 aromatic rings. The summed E-state index contributed by atoms with van der Waals surface area (Å²) in [5, 5.41) is 3.87. The maximum absolute atomic E-state index is 13.3. The summed E-state index contributed by atoms with van der Waals surface area (Å²) in [6, 6.07) is 1.81. The molecule has 0 radical (unpaired) electrons. The average molecular weight is 397 g/mol. The van der Waals surface area contributed by atoms with Gasteiger partial charge >= 0.3 is 6.18 Å². The summed E-state index contributed by atoms with van der Waals surface area (Å²) < 4.78 is 46.1. The topological polar surface area (TPSA) is 80.0 Å². The van der Waals surface area contributed by atoms with Crippen molar-refractivity contribution in [3.63, 3.8) is 0 Å². The van der Waals surface area contributed by atoms with E-state index in [1.165, 1.54) is 17.9 Å². The van der Waals surface area contributed by atoms with Gasteiger partial charge in [-0.15, -0.1) is 0 Å². The SMILES string of the molecule is Cc1cc(C(F)(F)F)n2nc(C(=O)N3C[C@@H]4COC[C@H](C3)N(C)C4=O)cc2n1. The molecule has 8 nitrogen and oxygen atoms in total. The fraction of sp³-hybridized carbons (Fsp3) is 0.529. The normalized spacial score (nSPS) is 23.2. The standard InChI is InChI=1S/C17H18F3N5O3/c1-9-3-13(17(18,19)20)25-14(21-9)4-12(22-25)16(27)24-5-10-7-28-8-11(6-24)23(2)15(10)26/h3-4,10-11H,5-8H2,1-2H3/t10-,11+/m1/s1. The number of likely N-dealkylation sites (N-methyl/N-ethyl adjacent to an activating group) is 1. The summed E-state index contributed by atoms with van der Waals surface area (Å²) in [7, 11) is 1.66. The third kappa shape index (κ3) is 3.09. The Balaban J connectivity index is 1.70. The van der Waals surface area contributed by atoms with Gasteiger partial charge in [0, 0.05) is 31.9 Å². The van der Waals surface area contributed by atoms with Crippen molar-refractivity contribution in [2.45, 2.75) is 19.1 Å². The van der Waals surface area contributed by atoms with Gasteiger partial charge in [-0.1, -0.05) is 0 Å². The Hall–Kier alpha value is -2.69. The van der Waals surface area contributed by atoms with E-state index in [-0.39, 0.29) is 48.7 Å². The van der Waals surface area contributed by atoms with Crippen molar-refractivity contribution in [3.05, 3.63) is 29.2 Å². The zero-order chi connectivity index (χ0) is 20.2. The molecule has 2 amide bonds. The molecule has 0 unspecified atom stereocenters. The minimum atomic E-state index is -4.63. The van der Waals surface area contributed by atoms with Gasteiger partial charge in [0.15, 0.2) is 11.3 Å². The highest BCUT2D eigenvalue weighted by atomic mass is 19.4. The second-order valence-electron chi connectivity index (χ2n) is 7.13. The molecular weight excluding hydrogens is 379 g/mol. The number of ether oxygens (including phenoxy) is 1. The number of aryl methyl sites for hydroxylation is 1. The lowest BCUT2D eigenvalue weighted by Crippen LogP contribution is -2.45. The molecule has 0 aliphatic carbocycles. The molecular formula is C17H18F3N5O3. The number of carbonyl (C=O) groups is 2. The Kier molecular flexibility index (Phi) is 4.29. The third-order valence-corrected chi connectivity index (χ3v) is 5.10. The maximum Gasteiger partial charge on any atom is 0.433 e. The van der Waals surface area contributed by atoms with Crippen molar-refractivity contribution in [1.82, 2.24) is 24.4 Å². The highest BCUT2D eigenvalue weighted by molar-refractivity contribution is 5.94. The summed E-state index contributed by atoms with van der Waals surface area (Å²) in [4.78, 5) is 32.5. The van der Waals surface area contributed by atoms with Crippen molar-refractivity contribution in [2.75, 3.05) is 33.4 Å². The molecule has 2 bridgehead atoms. The smallest absolute Gasteiger partial charge is 0.378 e. The van der Waals surface area contributed by atoms with Crippen LogP contribution in [0.25, 0.3) is 5.65 Å². The predicted octanol–water partition coefficient (Wildman–Crippen LogP) is 0.986. The highest BCUT2D eigenvalue weighted by Gasteiger charge is 2.40.